The smallest absolute Gasteiger partial charge is 0.118 e. The number of likely N-dealkylation sites (N-methyl/N-ethyl adjacent to an activating group) is 1. The minimum absolute atomic E-state index is 0.0681. The molecule has 2 aliphatic rings. The molecule has 2 aromatic rings. The van der Waals surface area contributed by atoms with Crippen LogP contribution in [0.15, 0.2) is 40.9 Å². The summed E-state index contributed by atoms with van der Waals surface area (Å²) in [5.41, 5.74) is 1.19. The van der Waals surface area contributed by atoms with Gasteiger partial charge >= 0.3 is 0 Å². The van der Waals surface area contributed by atoms with E-state index in [1.807, 2.05) is 25.3 Å². The molecule has 0 radical (unpaired) electrons. The second-order valence-electron chi connectivity index (χ2n) is 7.88. The lowest BCUT2D eigenvalue weighted by Crippen LogP contribution is -2.44. The molecular formula is C21H29N3O2. The molecule has 4 heterocycles. The third-order valence-corrected chi connectivity index (χ3v) is 5.89. The summed E-state index contributed by atoms with van der Waals surface area (Å²) in [6.07, 6.45) is 5.22. The Morgan fingerprint density at radius 2 is 2.08 bits per heavy atom. The monoisotopic (exact) mass is 355 g/mol. The summed E-state index contributed by atoms with van der Waals surface area (Å²) in [6, 6.07) is 10.7. The Morgan fingerprint density at radius 1 is 1.23 bits per heavy atom. The van der Waals surface area contributed by atoms with Gasteiger partial charge in [0.25, 0.3) is 0 Å². The summed E-state index contributed by atoms with van der Waals surface area (Å²) in [5, 5.41) is 0. The third kappa shape index (κ3) is 4.00. The molecule has 1 spiro atoms. The van der Waals surface area contributed by atoms with Crippen LogP contribution in [0.1, 0.15) is 36.5 Å². The molecule has 0 unspecified atom stereocenters. The number of piperidine rings is 1. The molecule has 2 fully saturated rings. The molecule has 0 aliphatic carbocycles. The molecule has 2 saturated heterocycles. The number of aryl methyl sites for hydroxylation is 1. The van der Waals surface area contributed by atoms with Crippen LogP contribution in [0.3, 0.4) is 0 Å². The molecule has 0 bridgehead atoms. The number of rotatable bonds is 5. The van der Waals surface area contributed by atoms with E-state index in [0.29, 0.717) is 6.04 Å². The van der Waals surface area contributed by atoms with Crippen molar-refractivity contribution in [3.63, 3.8) is 0 Å². The van der Waals surface area contributed by atoms with E-state index in [0.717, 1.165) is 69.3 Å². The van der Waals surface area contributed by atoms with Gasteiger partial charge in [0.15, 0.2) is 0 Å². The van der Waals surface area contributed by atoms with E-state index in [1.54, 1.807) is 0 Å². The van der Waals surface area contributed by atoms with Gasteiger partial charge in [-0.2, -0.15) is 0 Å². The van der Waals surface area contributed by atoms with Crippen molar-refractivity contribution >= 4 is 0 Å². The molecule has 5 nitrogen and oxygen atoms in total. The Hall–Kier alpha value is -1.69. The fourth-order valence-corrected chi connectivity index (χ4v) is 4.24. The van der Waals surface area contributed by atoms with Gasteiger partial charge in [-0.3, -0.25) is 14.8 Å². The number of pyridine rings is 1. The first-order chi connectivity index (χ1) is 12.6. The molecule has 0 aromatic carbocycles. The van der Waals surface area contributed by atoms with Gasteiger partial charge in [-0.15, -0.1) is 0 Å². The summed E-state index contributed by atoms with van der Waals surface area (Å²) >= 11 is 0. The zero-order valence-electron chi connectivity index (χ0n) is 15.9. The first kappa shape index (κ1) is 17.7. The van der Waals surface area contributed by atoms with Gasteiger partial charge in [-0.1, -0.05) is 6.07 Å². The van der Waals surface area contributed by atoms with Crippen LogP contribution in [0, 0.1) is 6.92 Å². The van der Waals surface area contributed by atoms with E-state index in [1.165, 1.54) is 0 Å². The standard InChI is InChI=1S/C21H29N3O2/c1-17-6-7-20(26-17)15-24-11-8-21(9-12-24)13-19(16-25-21)23(2)14-18-5-3-4-10-22-18/h3-7,10,19H,8-9,11-16H2,1-2H3/t19-/m1/s1. The van der Waals surface area contributed by atoms with Gasteiger partial charge in [-0.05, 0) is 57.5 Å². The van der Waals surface area contributed by atoms with E-state index < -0.39 is 0 Å². The van der Waals surface area contributed by atoms with E-state index in [9.17, 15) is 0 Å². The molecule has 4 rings (SSSR count). The van der Waals surface area contributed by atoms with E-state index in [4.69, 9.17) is 9.15 Å². The van der Waals surface area contributed by atoms with Crippen LogP contribution in [0.4, 0.5) is 0 Å². The van der Waals surface area contributed by atoms with E-state index >= 15 is 0 Å². The lowest BCUT2D eigenvalue weighted by Gasteiger charge is -2.38. The van der Waals surface area contributed by atoms with Gasteiger partial charge in [0.05, 0.1) is 24.4 Å². The van der Waals surface area contributed by atoms with Crippen molar-refractivity contribution in [3.8, 4) is 0 Å². The highest BCUT2D eigenvalue weighted by Gasteiger charge is 2.43. The Bertz CT molecular complexity index is 707. The molecule has 2 aliphatic heterocycles. The maximum atomic E-state index is 6.34. The quantitative estimate of drug-likeness (QED) is 0.824. The van der Waals surface area contributed by atoms with E-state index in [2.05, 4.69) is 40.0 Å². The average Bonchev–Trinajstić information content (AvgIpc) is 3.25. The highest BCUT2D eigenvalue weighted by molar-refractivity contribution is 5.07. The highest BCUT2D eigenvalue weighted by atomic mass is 16.5. The molecular weight excluding hydrogens is 326 g/mol. The molecule has 140 valence electrons. The molecule has 1 atom stereocenters. The summed E-state index contributed by atoms with van der Waals surface area (Å²) < 4.78 is 12.1. The second kappa shape index (κ2) is 7.51. The number of hydrogen-bond donors (Lipinski definition) is 0. The Morgan fingerprint density at radius 3 is 2.77 bits per heavy atom. The van der Waals surface area contributed by atoms with Gasteiger partial charge in [0, 0.05) is 31.9 Å². The predicted octanol–water partition coefficient (Wildman–Crippen LogP) is 3.24. The van der Waals surface area contributed by atoms with Crippen molar-refractivity contribution < 1.29 is 9.15 Å². The molecule has 26 heavy (non-hydrogen) atoms. The number of furan rings is 1. The largest absolute Gasteiger partial charge is 0.465 e. The van der Waals surface area contributed by atoms with Crippen LogP contribution in [0.2, 0.25) is 0 Å². The van der Waals surface area contributed by atoms with Crippen molar-refractivity contribution in [2.75, 3.05) is 26.7 Å². The molecule has 0 amide bonds. The normalized spacial score (nSPS) is 23.1. The maximum absolute atomic E-state index is 6.34. The lowest BCUT2D eigenvalue weighted by atomic mass is 9.87. The number of ether oxygens (including phenoxy) is 1. The molecule has 5 heteroatoms. The van der Waals surface area contributed by atoms with Crippen LogP contribution in [-0.4, -0.2) is 53.2 Å². The zero-order valence-corrected chi connectivity index (χ0v) is 15.9. The minimum atomic E-state index is 0.0681. The summed E-state index contributed by atoms with van der Waals surface area (Å²) in [6.45, 7) is 6.79. The van der Waals surface area contributed by atoms with Crippen LogP contribution >= 0.6 is 0 Å². The van der Waals surface area contributed by atoms with Crippen LogP contribution < -0.4 is 0 Å². The van der Waals surface area contributed by atoms with Gasteiger partial charge in [0.1, 0.15) is 11.5 Å². The summed E-state index contributed by atoms with van der Waals surface area (Å²) in [5.74, 6) is 2.06. The Kier molecular flexibility index (Phi) is 5.11. The second-order valence-corrected chi connectivity index (χ2v) is 7.88. The van der Waals surface area contributed by atoms with E-state index in [-0.39, 0.29) is 5.60 Å². The van der Waals surface area contributed by atoms with Crippen molar-refractivity contribution in [3.05, 3.63) is 53.7 Å². The van der Waals surface area contributed by atoms with Crippen molar-refractivity contribution in [2.45, 2.75) is 50.9 Å². The zero-order chi connectivity index (χ0) is 18.0. The maximum Gasteiger partial charge on any atom is 0.118 e. The van der Waals surface area contributed by atoms with Gasteiger partial charge in [-0.25, -0.2) is 0 Å². The fraction of sp³-hybridized carbons (Fsp3) is 0.571. The molecule has 0 N–H and O–H groups in total. The third-order valence-electron chi connectivity index (χ3n) is 5.89. The lowest BCUT2D eigenvalue weighted by molar-refractivity contribution is -0.0461. The highest BCUT2D eigenvalue weighted by Crippen LogP contribution is 2.38. The number of likely N-dealkylation sites (tertiary alicyclic amines) is 1. The number of aromatic nitrogens is 1. The van der Waals surface area contributed by atoms with Crippen molar-refractivity contribution in [1.82, 2.24) is 14.8 Å². The Balaban J connectivity index is 1.28. The average molecular weight is 355 g/mol. The topological polar surface area (TPSA) is 41.7 Å². The number of hydrogen-bond acceptors (Lipinski definition) is 5. The molecule has 2 aromatic heterocycles. The summed E-state index contributed by atoms with van der Waals surface area (Å²) in [4.78, 5) is 9.33. The van der Waals surface area contributed by atoms with Crippen LogP contribution in [-0.2, 0) is 17.8 Å². The van der Waals surface area contributed by atoms with Gasteiger partial charge < -0.3 is 9.15 Å². The molecule has 0 saturated carbocycles. The first-order valence-electron chi connectivity index (χ1n) is 9.64. The van der Waals surface area contributed by atoms with Crippen molar-refractivity contribution in [2.24, 2.45) is 0 Å². The SMILES string of the molecule is Cc1ccc(CN2CCC3(CC2)C[C@@H](N(C)Cc2ccccn2)CO3)o1. The minimum Gasteiger partial charge on any atom is -0.465 e. The first-order valence-corrected chi connectivity index (χ1v) is 9.64. The van der Waals surface area contributed by atoms with Crippen LogP contribution in [0.25, 0.3) is 0 Å². The van der Waals surface area contributed by atoms with Crippen LogP contribution in [0.5, 0.6) is 0 Å². The Labute approximate surface area is 156 Å². The predicted molar refractivity (Wildman–Crippen MR) is 101 cm³/mol. The van der Waals surface area contributed by atoms with Gasteiger partial charge in [0.2, 0.25) is 0 Å². The summed E-state index contributed by atoms with van der Waals surface area (Å²) in [7, 11) is 2.19. The number of nitrogens with zero attached hydrogens (tertiary/aromatic N) is 3. The van der Waals surface area contributed by atoms with Crippen molar-refractivity contribution in [1.29, 1.82) is 0 Å². The fourth-order valence-electron chi connectivity index (χ4n) is 4.24.